The molecule has 1 heterocycles. The fraction of sp³-hybridized carbons (Fsp3) is 0.0577. The van der Waals surface area contributed by atoms with Gasteiger partial charge in [-0.1, -0.05) is 184 Å². The van der Waals surface area contributed by atoms with E-state index in [-0.39, 0.29) is 5.41 Å². The first-order valence-electron chi connectivity index (χ1n) is 18.9. The quantitative estimate of drug-likeness (QED) is 0.173. The molecule has 0 atom stereocenters. The zero-order chi connectivity index (χ0) is 36.9. The molecule has 0 unspecified atom stereocenters. The first-order valence-corrected chi connectivity index (χ1v) is 18.9. The molecule has 3 nitrogen and oxygen atoms in total. The molecule has 0 saturated heterocycles. The first kappa shape index (κ1) is 32.7. The topological polar surface area (TPSA) is 38.7 Å². The molecular weight excluding hydrogens is 667 g/mol. The van der Waals surface area contributed by atoms with Gasteiger partial charge in [-0.25, -0.2) is 15.0 Å². The van der Waals surface area contributed by atoms with E-state index in [4.69, 9.17) is 15.0 Å². The van der Waals surface area contributed by atoms with Crippen molar-refractivity contribution in [2.75, 3.05) is 0 Å². The number of hydrogen-bond acceptors (Lipinski definition) is 3. The Bertz CT molecular complexity index is 2770. The molecule has 260 valence electrons. The largest absolute Gasteiger partial charge is 0.208 e. The molecule has 0 saturated carbocycles. The Labute approximate surface area is 321 Å². The predicted octanol–water partition coefficient (Wildman–Crippen LogP) is 13.3. The van der Waals surface area contributed by atoms with E-state index in [0.29, 0.717) is 17.5 Å². The molecule has 10 rings (SSSR count). The Morgan fingerprint density at radius 3 is 1.36 bits per heavy atom. The minimum absolute atomic E-state index is 0.0992. The van der Waals surface area contributed by atoms with Crippen LogP contribution in [0.5, 0.6) is 0 Å². The Hall–Kier alpha value is -6.97. The summed E-state index contributed by atoms with van der Waals surface area (Å²) >= 11 is 0. The summed E-state index contributed by atoms with van der Waals surface area (Å²) in [4.78, 5) is 15.4. The van der Waals surface area contributed by atoms with Crippen LogP contribution in [-0.4, -0.2) is 15.0 Å². The van der Waals surface area contributed by atoms with Crippen LogP contribution in [0.15, 0.2) is 188 Å². The van der Waals surface area contributed by atoms with Gasteiger partial charge in [-0.15, -0.1) is 0 Å². The van der Waals surface area contributed by atoms with E-state index in [0.717, 1.165) is 44.5 Å². The Balaban J connectivity index is 1.10. The van der Waals surface area contributed by atoms with E-state index in [1.54, 1.807) is 0 Å². The minimum atomic E-state index is -0.0992. The highest BCUT2D eigenvalue weighted by Gasteiger charge is 2.36. The molecule has 1 aromatic heterocycles. The summed E-state index contributed by atoms with van der Waals surface area (Å²) in [5, 5.41) is 2.54. The number of benzene rings is 8. The SMILES string of the molecule is CC1(C)c2ccccc2-c2c1cc(-c1ccc(-c3nc(-c4cccc(-c5ccccc5)c4)nc(-c4cccc(-c5ccccc5)c4)n3)cc1)c1ccccc21. The maximum atomic E-state index is 5.13. The predicted molar refractivity (Wildman–Crippen MR) is 228 cm³/mol. The second-order valence-corrected chi connectivity index (χ2v) is 14.8. The smallest absolute Gasteiger partial charge is 0.164 e. The molecule has 3 heteroatoms. The summed E-state index contributed by atoms with van der Waals surface area (Å²) in [7, 11) is 0. The summed E-state index contributed by atoms with van der Waals surface area (Å²) in [5.41, 5.74) is 15.1. The zero-order valence-corrected chi connectivity index (χ0v) is 30.7. The second kappa shape index (κ2) is 13.2. The van der Waals surface area contributed by atoms with Crippen LogP contribution in [0.25, 0.3) is 89.4 Å². The molecule has 0 spiro atoms. The van der Waals surface area contributed by atoms with Gasteiger partial charge in [-0.2, -0.15) is 0 Å². The van der Waals surface area contributed by atoms with Crippen LogP contribution in [0.1, 0.15) is 25.0 Å². The van der Waals surface area contributed by atoms with Gasteiger partial charge in [-0.3, -0.25) is 0 Å². The summed E-state index contributed by atoms with van der Waals surface area (Å²) < 4.78 is 0. The monoisotopic (exact) mass is 703 g/mol. The molecule has 0 amide bonds. The molecule has 9 aromatic rings. The number of fused-ring (bicyclic) bond motifs is 5. The van der Waals surface area contributed by atoms with E-state index in [2.05, 4.69) is 190 Å². The highest BCUT2D eigenvalue weighted by Crippen LogP contribution is 2.53. The van der Waals surface area contributed by atoms with Crippen molar-refractivity contribution < 1.29 is 0 Å². The van der Waals surface area contributed by atoms with E-state index in [9.17, 15) is 0 Å². The fourth-order valence-corrected chi connectivity index (χ4v) is 8.29. The van der Waals surface area contributed by atoms with Crippen LogP contribution in [0.3, 0.4) is 0 Å². The van der Waals surface area contributed by atoms with Gasteiger partial charge in [0.1, 0.15) is 0 Å². The van der Waals surface area contributed by atoms with Crippen LogP contribution in [0.4, 0.5) is 0 Å². The van der Waals surface area contributed by atoms with Crippen molar-refractivity contribution in [3.05, 3.63) is 199 Å². The van der Waals surface area contributed by atoms with Crippen LogP contribution in [-0.2, 0) is 5.41 Å². The fourth-order valence-electron chi connectivity index (χ4n) is 8.29. The molecule has 0 aliphatic heterocycles. The lowest BCUT2D eigenvalue weighted by Crippen LogP contribution is -2.15. The van der Waals surface area contributed by atoms with Gasteiger partial charge in [0.2, 0.25) is 0 Å². The summed E-state index contributed by atoms with van der Waals surface area (Å²) in [6, 6.07) is 66.6. The first-order chi connectivity index (χ1) is 27.0. The van der Waals surface area contributed by atoms with Crippen molar-refractivity contribution in [1.82, 2.24) is 15.0 Å². The minimum Gasteiger partial charge on any atom is -0.208 e. The van der Waals surface area contributed by atoms with Crippen LogP contribution in [0.2, 0.25) is 0 Å². The third-order valence-electron chi connectivity index (χ3n) is 11.1. The molecule has 1 aliphatic rings. The molecule has 8 aromatic carbocycles. The Kier molecular flexibility index (Phi) is 7.81. The molecular formula is C52H37N3. The number of hydrogen-bond donors (Lipinski definition) is 0. The van der Waals surface area contributed by atoms with E-state index < -0.39 is 0 Å². The normalized spacial score (nSPS) is 12.7. The maximum absolute atomic E-state index is 5.13. The Morgan fingerprint density at radius 1 is 0.309 bits per heavy atom. The van der Waals surface area contributed by atoms with Gasteiger partial charge in [0.25, 0.3) is 0 Å². The summed E-state index contributed by atoms with van der Waals surface area (Å²) in [6.07, 6.45) is 0. The second-order valence-electron chi connectivity index (χ2n) is 14.8. The molecule has 0 bridgehead atoms. The average Bonchev–Trinajstić information content (AvgIpc) is 3.49. The summed E-state index contributed by atoms with van der Waals surface area (Å²) in [5.74, 6) is 1.91. The highest BCUT2D eigenvalue weighted by atomic mass is 15.0. The molecule has 1 aliphatic carbocycles. The number of rotatable bonds is 6. The van der Waals surface area contributed by atoms with Crippen molar-refractivity contribution in [3.63, 3.8) is 0 Å². The summed E-state index contributed by atoms with van der Waals surface area (Å²) in [6.45, 7) is 4.70. The van der Waals surface area contributed by atoms with Crippen molar-refractivity contribution in [2.45, 2.75) is 19.3 Å². The standard InChI is InChI=1S/C52H37N3/c1-52(2)46-26-12-11-25-44(46)48-43-24-10-9-23-42(43)45(33-47(48)52)36-27-29-37(30-28-36)49-53-50(40-21-13-19-38(31-40)34-15-5-3-6-16-34)55-51(54-49)41-22-14-20-39(32-41)35-17-7-4-8-18-35/h3-33H,1-2H3. The van der Waals surface area contributed by atoms with Crippen molar-refractivity contribution >= 4 is 10.8 Å². The molecule has 0 fully saturated rings. The molecule has 55 heavy (non-hydrogen) atoms. The van der Waals surface area contributed by atoms with Gasteiger partial charge in [0.15, 0.2) is 17.5 Å². The van der Waals surface area contributed by atoms with Crippen LogP contribution < -0.4 is 0 Å². The van der Waals surface area contributed by atoms with Crippen molar-refractivity contribution in [3.8, 4) is 78.7 Å². The lowest BCUT2D eigenvalue weighted by molar-refractivity contribution is 0.661. The third-order valence-corrected chi connectivity index (χ3v) is 11.1. The van der Waals surface area contributed by atoms with E-state index in [1.807, 2.05) is 12.1 Å². The molecule has 0 radical (unpaired) electrons. The third kappa shape index (κ3) is 5.73. The lowest BCUT2D eigenvalue weighted by atomic mass is 9.80. The van der Waals surface area contributed by atoms with Gasteiger partial charge in [-0.05, 0) is 84.6 Å². The molecule has 0 N–H and O–H groups in total. The van der Waals surface area contributed by atoms with E-state index in [1.165, 1.54) is 38.6 Å². The number of aromatic nitrogens is 3. The average molecular weight is 704 g/mol. The van der Waals surface area contributed by atoms with Crippen LogP contribution in [0, 0.1) is 0 Å². The maximum Gasteiger partial charge on any atom is 0.164 e. The van der Waals surface area contributed by atoms with Crippen molar-refractivity contribution in [2.24, 2.45) is 0 Å². The van der Waals surface area contributed by atoms with Gasteiger partial charge in [0, 0.05) is 22.1 Å². The number of nitrogens with zero attached hydrogens (tertiary/aromatic N) is 3. The van der Waals surface area contributed by atoms with Gasteiger partial charge < -0.3 is 0 Å². The van der Waals surface area contributed by atoms with E-state index >= 15 is 0 Å². The zero-order valence-electron chi connectivity index (χ0n) is 30.7. The van der Waals surface area contributed by atoms with Gasteiger partial charge >= 0.3 is 0 Å². The van der Waals surface area contributed by atoms with Crippen LogP contribution >= 0.6 is 0 Å². The highest BCUT2D eigenvalue weighted by molar-refractivity contribution is 6.09. The van der Waals surface area contributed by atoms with Gasteiger partial charge in [0.05, 0.1) is 0 Å². The van der Waals surface area contributed by atoms with Crippen molar-refractivity contribution in [1.29, 1.82) is 0 Å². The lowest BCUT2D eigenvalue weighted by Gasteiger charge is -2.23. The Morgan fingerprint density at radius 2 is 0.764 bits per heavy atom.